The number of nitrogens with one attached hydrogen (secondary N) is 2. The van der Waals surface area contributed by atoms with Gasteiger partial charge in [-0.2, -0.15) is 0 Å². The lowest BCUT2D eigenvalue weighted by atomic mass is 10.1. The largest absolute Gasteiger partial charge is 0.350 e. The summed E-state index contributed by atoms with van der Waals surface area (Å²) in [5, 5.41) is 6.92. The molecule has 0 saturated heterocycles. The zero-order valence-corrected chi connectivity index (χ0v) is 16.8. The van der Waals surface area contributed by atoms with Crippen molar-refractivity contribution in [3.05, 3.63) is 59.7 Å². The van der Waals surface area contributed by atoms with Gasteiger partial charge in [0.05, 0.1) is 0 Å². The van der Waals surface area contributed by atoms with Crippen LogP contribution in [0.1, 0.15) is 48.4 Å². The molecule has 0 fully saturated rings. The topological polar surface area (TPSA) is 58.2 Å². The first-order valence-electron chi connectivity index (χ1n) is 9.09. The van der Waals surface area contributed by atoms with Crippen LogP contribution in [0.3, 0.4) is 0 Å². The summed E-state index contributed by atoms with van der Waals surface area (Å²) in [4.78, 5) is 25.4. The Hall–Kier alpha value is -2.66. The molecule has 0 radical (unpaired) electrons. The lowest BCUT2D eigenvalue weighted by Crippen LogP contribution is -2.29. The van der Waals surface area contributed by atoms with Gasteiger partial charge in [0.25, 0.3) is 11.8 Å². The molecule has 0 unspecified atom stereocenters. The SMILES string of the molecule is CC(C)NC(=O)c1ccc(-c2cc3ccc(C(=O)NC(C)C)cc3s2)cc1. The lowest BCUT2D eigenvalue weighted by Gasteiger charge is -2.08. The van der Waals surface area contributed by atoms with Gasteiger partial charge < -0.3 is 10.6 Å². The van der Waals surface area contributed by atoms with Crippen LogP contribution >= 0.6 is 11.3 Å². The van der Waals surface area contributed by atoms with Crippen molar-refractivity contribution in [2.24, 2.45) is 0 Å². The average Bonchev–Trinajstić information content (AvgIpc) is 3.04. The van der Waals surface area contributed by atoms with Gasteiger partial charge in [0.15, 0.2) is 0 Å². The quantitative estimate of drug-likeness (QED) is 0.665. The monoisotopic (exact) mass is 380 g/mol. The molecule has 0 atom stereocenters. The molecule has 1 heterocycles. The van der Waals surface area contributed by atoms with Crippen molar-refractivity contribution in [2.45, 2.75) is 39.8 Å². The molecule has 140 valence electrons. The highest BCUT2D eigenvalue weighted by Gasteiger charge is 2.11. The molecule has 1 aromatic heterocycles. The maximum Gasteiger partial charge on any atom is 0.251 e. The molecule has 3 aromatic rings. The normalized spacial score (nSPS) is 11.2. The van der Waals surface area contributed by atoms with E-state index in [1.54, 1.807) is 11.3 Å². The van der Waals surface area contributed by atoms with E-state index in [1.165, 1.54) is 0 Å². The first-order chi connectivity index (χ1) is 12.8. The maximum atomic E-state index is 12.2. The molecule has 27 heavy (non-hydrogen) atoms. The molecule has 2 N–H and O–H groups in total. The summed E-state index contributed by atoms with van der Waals surface area (Å²) >= 11 is 1.65. The highest BCUT2D eigenvalue weighted by atomic mass is 32.1. The zero-order valence-electron chi connectivity index (χ0n) is 16.0. The van der Waals surface area contributed by atoms with Gasteiger partial charge in [0.1, 0.15) is 0 Å². The van der Waals surface area contributed by atoms with Crippen LogP contribution in [0.5, 0.6) is 0 Å². The lowest BCUT2D eigenvalue weighted by molar-refractivity contribution is 0.0934. The minimum absolute atomic E-state index is 0.0534. The van der Waals surface area contributed by atoms with Gasteiger partial charge in [-0.15, -0.1) is 11.3 Å². The number of fused-ring (bicyclic) bond motifs is 1. The third-order valence-electron chi connectivity index (χ3n) is 4.05. The highest BCUT2D eigenvalue weighted by Crippen LogP contribution is 2.34. The van der Waals surface area contributed by atoms with Crippen molar-refractivity contribution in [1.29, 1.82) is 0 Å². The summed E-state index contributed by atoms with van der Waals surface area (Å²) < 4.78 is 1.07. The Labute approximate surface area is 163 Å². The van der Waals surface area contributed by atoms with E-state index in [2.05, 4.69) is 16.7 Å². The van der Waals surface area contributed by atoms with Crippen LogP contribution in [0.15, 0.2) is 48.5 Å². The van der Waals surface area contributed by atoms with Crippen LogP contribution in [0.25, 0.3) is 20.5 Å². The van der Waals surface area contributed by atoms with Gasteiger partial charge in [-0.05, 0) is 69.0 Å². The number of hydrogen-bond acceptors (Lipinski definition) is 3. The van der Waals surface area contributed by atoms with Crippen LogP contribution in [0.4, 0.5) is 0 Å². The molecule has 0 aliphatic rings. The van der Waals surface area contributed by atoms with Crippen LogP contribution in [0, 0.1) is 0 Å². The molecule has 0 bridgehead atoms. The predicted molar refractivity (Wildman–Crippen MR) is 112 cm³/mol. The number of carbonyl (C=O) groups is 2. The Morgan fingerprint density at radius 3 is 1.93 bits per heavy atom. The first-order valence-corrected chi connectivity index (χ1v) is 9.91. The molecule has 4 nitrogen and oxygen atoms in total. The molecule has 2 amide bonds. The van der Waals surface area contributed by atoms with E-state index in [9.17, 15) is 9.59 Å². The van der Waals surface area contributed by atoms with Crippen molar-refractivity contribution in [2.75, 3.05) is 0 Å². The number of amides is 2. The van der Waals surface area contributed by atoms with Crippen LogP contribution in [0.2, 0.25) is 0 Å². The number of carbonyl (C=O) groups excluding carboxylic acids is 2. The predicted octanol–water partition coefficient (Wildman–Crippen LogP) is 4.84. The zero-order chi connectivity index (χ0) is 19.6. The third-order valence-corrected chi connectivity index (χ3v) is 5.20. The van der Waals surface area contributed by atoms with Crippen molar-refractivity contribution in [3.63, 3.8) is 0 Å². The van der Waals surface area contributed by atoms with Gasteiger partial charge in [-0.25, -0.2) is 0 Å². The number of rotatable bonds is 5. The molecule has 5 heteroatoms. The van der Waals surface area contributed by atoms with E-state index in [0.717, 1.165) is 20.5 Å². The second-order valence-electron chi connectivity index (χ2n) is 7.20. The second kappa shape index (κ2) is 7.92. The molecule has 0 aliphatic carbocycles. The molecule has 0 spiro atoms. The van der Waals surface area contributed by atoms with Gasteiger partial charge in [0, 0.05) is 32.8 Å². The Bertz CT molecular complexity index is 972. The smallest absolute Gasteiger partial charge is 0.251 e. The van der Waals surface area contributed by atoms with E-state index in [1.807, 2.05) is 70.2 Å². The minimum Gasteiger partial charge on any atom is -0.350 e. The van der Waals surface area contributed by atoms with Gasteiger partial charge >= 0.3 is 0 Å². The van der Waals surface area contributed by atoms with Crippen molar-refractivity contribution in [1.82, 2.24) is 10.6 Å². The summed E-state index contributed by atoms with van der Waals surface area (Å²) in [5.41, 5.74) is 2.39. The van der Waals surface area contributed by atoms with E-state index < -0.39 is 0 Å². The highest BCUT2D eigenvalue weighted by molar-refractivity contribution is 7.22. The first kappa shape index (κ1) is 19.1. The molecular weight excluding hydrogens is 356 g/mol. The maximum absolute atomic E-state index is 12.2. The fraction of sp³-hybridized carbons (Fsp3) is 0.273. The number of thiophene rings is 1. The van der Waals surface area contributed by atoms with E-state index in [4.69, 9.17) is 0 Å². The van der Waals surface area contributed by atoms with E-state index in [0.29, 0.717) is 11.1 Å². The summed E-state index contributed by atoms with van der Waals surface area (Å²) in [6.45, 7) is 7.79. The van der Waals surface area contributed by atoms with Gasteiger partial charge in [-0.3, -0.25) is 9.59 Å². The summed E-state index contributed by atoms with van der Waals surface area (Å²) in [6, 6.07) is 15.7. The molecule has 3 rings (SSSR count). The third kappa shape index (κ3) is 4.55. The Morgan fingerprint density at radius 1 is 0.778 bits per heavy atom. The minimum atomic E-state index is -0.0614. The number of benzene rings is 2. The molecule has 0 saturated carbocycles. The van der Waals surface area contributed by atoms with Crippen molar-refractivity contribution in [3.8, 4) is 10.4 Å². The standard InChI is InChI=1S/C22H24N2O2S/c1-13(2)23-21(25)16-7-5-15(6-8-16)19-11-17-9-10-18(12-20(17)27-19)22(26)24-14(3)4/h5-14H,1-4H3,(H,23,25)(H,24,26). The number of hydrogen-bond donors (Lipinski definition) is 2. The molecular formula is C22H24N2O2S. The Balaban J connectivity index is 1.84. The fourth-order valence-corrected chi connectivity index (χ4v) is 3.90. The fourth-order valence-electron chi connectivity index (χ4n) is 2.79. The van der Waals surface area contributed by atoms with Gasteiger partial charge in [0.2, 0.25) is 0 Å². The van der Waals surface area contributed by atoms with Crippen molar-refractivity contribution >= 4 is 33.2 Å². The van der Waals surface area contributed by atoms with E-state index >= 15 is 0 Å². The van der Waals surface area contributed by atoms with E-state index in [-0.39, 0.29) is 23.9 Å². The summed E-state index contributed by atoms with van der Waals surface area (Å²) in [6.07, 6.45) is 0. The van der Waals surface area contributed by atoms with Crippen LogP contribution in [-0.2, 0) is 0 Å². The van der Waals surface area contributed by atoms with Crippen LogP contribution in [-0.4, -0.2) is 23.9 Å². The molecule has 0 aliphatic heterocycles. The summed E-state index contributed by atoms with van der Waals surface area (Å²) in [5.74, 6) is -0.115. The van der Waals surface area contributed by atoms with Gasteiger partial charge in [-0.1, -0.05) is 18.2 Å². The van der Waals surface area contributed by atoms with Crippen molar-refractivity contribution < 1.29 is 9.59 Å². The Kier molecular flexibility index (Phi) is 5.61. The van der Waals surface area contributed by atoms with Crippen LogP contribution < -0.4 is 10.6 Å². The summed E-state index contributed by atoms with van der Waals surface area (Å²) in [7, 11) is 0. The second-order valence-corrected chi connectivity index (χ2v) is 8.28. The Morgan fingerprint density at radius 2 is 1.33 bits per heavy atom. The average molecular weight is 381 g/mol. The molecule has 2 aromatic carbocycles.